The molecule has 0 heterocycles. The monoisotopic (exact) mass is 112 g/mol. The van der Waals surface area contributed by atoms with Crippen molar-refractivity contribution in [2.75, 3.05) is 0 Å². The zero-order chi connectivity index (χ0) is 6.41. The van der Waals surface area contributed by atoms with E-state index in [9.17, 15) is 0 Å². The van der Waals surface area contributed by atoms with E-state index in [2.05, 4.69) is 32.9 Å². The molecule has 0 aliphatic heterocycles. The Morgan fingerprint density at radius 3 is 2.38 bits per heavy atom. The van der Waals surface area contributed by atoms with Gasteiger partial charge in [0.1, 0.15) is 0 Å². The van der Waals surface area contributed by atoms with Gasteiger partial charge < -0.3 is 0 Å². The van der Waals surface area contributed by atoms with Gasteiger partial charge in [0.2, 0.25) is 0 Å². The topological polar surface area (TPSA) is 0 Å². The van der Waals surface area contributed by atoms with Crippen molar-refractivity contribution in [1.82, 2.24) is 0 Å². The fourth-order valence-electron chi connectivity index (χ4n) is 0.535. The van der Waals surface area contributed by atoms with E-state index in [0.717, 1.165) is 5.92 Å². The van der Waals surface area contributed by atoms with Crippen molar-refractivity contribution in [1.29, 1.82) is 0 Å². The Labute approximate surface area is 52.6 Å². The highest BCUT2D eigenvalue weighted by Crippen LogP contribution is 1.96. The van der Waals surface area contributed by atoms with E-state index < -0.39 is 0 Å². The van der Waals surface area contributed by atoms with Gasteiger partial charge in [0.25, 0.3) is 0 Å². The van der Waals surface area contributed by atoms with Crippen LogP contribution in [0.4, 0.5) is 0 Å². The van der Waals surface area contributed by atoms with Crippen LogP contribution in [0.1, 0.15) is 33.6 Å². The van der Waals surface area contributed by atoms with Gasteiger partial charge in [0.05, 0.1) is 0 Å². The SMILES string of the molecule is CCC/C=C/C(C)C. The summed E-state index contributed by atoms with van der Waals surface area (Å²) < 4.78 is 0. The largest absolute Gasteiger partial charge is 0.0883 e. The molecule has 0 nitrogen and oxygen atoms in total. The van der Waals surface area contributed by atoms with Gasteiger partial charge in [-0.1, -0.05) is 39.3 Å². The molecule has 0 aromatic carbocycles. The Morgan fingerprint density at radius 1 is 1.38 bits per heavy atom. The maximum Gasteiger partial charge on any atom is -0.0290 e. The molecule has 0 bridgehead atoms. The van der Waals surface area contributed by atoms with Crippen molar-refractivity contribution in [2.24, 2.45) is 5.92 Å². The number of allylic oxidation sites excluding steroid dienone is 2. The average Bonchev–Trinajstić information content (AvgIpc) is 1.66. The molecule has 0 amide bonds. The Kier molecular flexibility index (Phi) is 4.73. The van der Waals surface area contributed by atoms with Crippen molar-refractivity contribution in [2.45, 2.75) is 33.6 Å². The molecule has 0 aromatic heterocycles. The lowest BCUT2D eigenvalue weighted by atomic mass is 10.2. The summed E-state index contributed by atoms with van der Waals surface area (Å²) in [5.41, 5.74) is 0. The molecule has 0 atom stereocenters. The summed E-state index contributed by atoms with van der Waals surface area (Å²) in [4.78, 5) is 0. The van der Waals surface area contributed by atoms with Gasteiger partial charge in [-0.3, -0.25) is 0 Å². The molecular formula is C8H16. The van der Waals surface area contributed by atoms with Gasteiger partial charge in [0, 0.05) is 0 Å². The molecule has 0 aliphatic rings. The van der Waals surface area contributed by atoms with E-state index in [-0.39, 0.29) is 0 Å². The van der Waals surface area contributed by atoms with Crippen LogP contribution in [-0.2, 0) is 0 Å². The minimum Gasteiger partial charge on any atom is -0.0883 e. The molecule has 0 rings (SSSR count). The third-order valence-corrected chi connectivity index (χ3v) is 0.976. The number of rotatable bonds is 3. The number of hydrogen-bond acceptors (Lipinski definition) is 0. The van der Waals surface area contributed by atoms with Crippen LogP contribution in [0.15, 0.2) is 12.2 Å². The van der Waals surface area contributed by atoms with Crippen molar-refractivity contribution < 1.29 is 0 Å². The van der Waals surface area contributed by atoms with Gasteiger partial charge in [-0.15, -0.1) is 0 Å². The molecule has 0 saturated heterocycles. The van der Waals surface area contributed by atoms with Crippen LogP contribution in [0, 0.1) is 5.92 Å². The smallest absolute Gasteiger partial charge is 0.0290 e. The Bertz CT molecular complexity index is 60.4. The normalized spacial score (nSPS) is 11.5. The van der Waals surface area contributed by atoms with Gasteiger partial charge in [0.15, 0.2) is 0 Å². The third kappa shape index (κ3) is 5.74. The summed E-state index contributed by atoms with van der Waals surface area (Å²) in [5.74, 6) is 0.724. The van der Waals surface area contributed by atoms with Crippen LogP contribution in [0.5, 0.6) is 0 Å². The summed E-state index contributed by atoms with van der Waals surface area (Å²) in [7, 11) is 0. The van der Waals surface area contributed by atoms with E-state index in [1.165, 1.54) is 12.8 Å². The first-order valence-electron chi connectivity index (χ1n) is 3.44. The van der Waals surface area contributed by atoms with Gasteiger partial charge >= 0.3 is 0 Å². The first-order valence-corrected chi connectivity index (χ1v) is 3.44. The predicted octanol–water partition coefficient (Wildman–Crippen LogP) is 3.00. The lowest BCUT2D eigenvalue weighted by Gasteiger charge is -1.90. The van der Waals surface area contributed by atoms with Gasteiger partial charge in [-0.05, 0) is 12.3 Å². The second kappa shape index (κ2) is 4.89. The summed E-state index contributed by atoms with van der Waals surface area (Å²) in [6.45, 7) is 6.60. The molecule has 0 N–H and O–H groups in total. The van der Waals surface area contributed by atoms with Crippen LogP contribution in [-0.4, -0.2) is 0 Å². The lowest BCUT2D eigenvalue weighted by molar-refractivity contribution is 0.819. The molecule has 8 heavy (non-hydrogen) atoms. The van der Waals surface area contributed by atoms with E-state index >= 15 is 0 Å². The van der Waals surface area contributed by atoms with Crippen LogP contribution >= 0.6 is 0 Å². The zero-order valence-electron chi connectivity index (χ0n) is 6.15. The van der Waals surface area contributed by atoms with Crippen LogP contribution in [0.3, 0.4) is 0 Å². The molecular weight excluding hydrogens is 96.1 g/mol. The van der Waals surface area contributed by atoms with Crippen LogP contribution < -0.4 is 0 Å². The molecule has 0 saturated carbocycles. The minimum atomic E-state index is 0.724. The van der Waals surface area contributed by atoms with E-state index in [1.807, 2.05) is 0 Å². The zero-order valence-corrected chi connectivity index (χ0v) is 6.15. The van der Waals surface area contributed by atoms with Crippen molar-refractivity contribution in [3.05, 3.63) is 12.2 Å². The summed E-state index contributed by atoms with van der Waals surface area (Å²) >= 11 is 0. The predicted molar refractivity (Wildman–Crippen MR) is 38.9 cm³/mol. The van der Waals surface area contributed by atoms with Crippen molar-refractivity contribution in [3.63, 3.8) is 0 Å². The summed E-state index contributed by atoms with van der Waals surface area (Å²) in [6.07, 6.45) is 7.01. The molecule has 0 fully saturated rings. The minimum absolute atomic E-state index is 0.724. The van der Waals surface area contributed by atoms with E-state index in [1.54, 1.807) is 0 Å². The Morgan fingerprint density at radius 2 is 2.00 bits per heavy atom. The maximum absolute atomic E-state index is 2.25. The second-order valence-electron chi connectivity index (χ2n) is 2.46. The highest BCUT2D eigenvalue weighted by atomic mass is 13.9. The molecule has 0 aromatic rings. The van der Waals surface area contributed by atoms with Gasteiger partial charge in [-0.25, -0.2) is 0 Å². The summed E-state index contributed by atoms with van der Waals surface area (Å²) in [6, 6.07) is 0. The lowest BCUT2D eigenvalue weighted by Crippen LogP contribution is -1.75. The summed E-state index contributed by atoms with van der Waals surface area (Å²) in [5, 5.41) is 0. The standard InChI is InChI=1S/C8H16/c1-4-5-6-7-8(2)3/h6-8H,4-5H2,1-3H3/b7-6+. The highest BCUT2D eigenvalue weighted by Gasteiger charge is 1.80. The first-order chi connectivity index (χ1) is 3.77. The molecule has 0 aliphatic carbocycles. The molecule has 0 radical (unpaired) electrons. The Balaban J connectivity index is 3.07. The molecule has 48 valence electrons. The third-order valence-electron chi connectivity index (χ3n) is 0.976. The van der Waals surface area contributed by atoms with Crippen molar-refractivity contribution >= 4 is 0 Å². The second-order valence-corrected chi connectivity index (χ2v) is 2.46. The highest BCUT2D eigenvalue weighted by molar-refractivity contribution is 4.83. The van der Waals surface area contributed by atoms with E-state index in [0.29, 0.717) is 0 Å². The van der Waals surface area contributed by atoms with Crippen LogP contribution in [0.2, 0.25) is 0 Å². The van der Waals surface area contributed by atoms with Crippen LogP contribution in [0.25, 0.3) is 0 Å². The first kappa shape index (κ1) is 7.74. The quantitative estimate of drug-likeness (QED) is 0.492. The molecule has 0 spiro atoms. The average molecular weight is 112 g/mol. The number of hydrogen-bond donors (Lipinski definition) is 0. The molecule has 0 heteroatoms. The maximum atomic E-state index is 2.25. The Hall–Kier alpha value is -0.260. The van der Waals surface area contributed by atoms with Gasteiger partial charge in [-0.2, -0.15) is 0 Å². The molecule has 0 unspecified atom stereocenters. The number of unbranched alkanes of at least 4 members (excludes halogenated alkanes) is 1. The van der Waals surface area contributed by atoms with Crippen molar-refractivity contribution in [3.8, 4) is 0 Å². The fourth-order valence-corrected chi connectivity index (χ4v) is 0.535. The fraction of sp³-hybridized carbons (Fsp3) is 0.750. The van der Waals surface area contributed by atoms with E-state index in [4.69, 9.17) is 0 Å².